The highest BCUT2D eigenvalue weighted by Gasteiger charge is 2.84. The standard InChI is InChI=1S/C30H38O7/c1-15-10-18-12-29(34)21-13-28(33)11-17-6-9-23(31)37-26(3,4)19(17)7-8-20(28)27(21,5)14-22-30(29,36-22)16(2)24(18)35-25(15)32/h6,9-11,16,18-22,24,33-34H,7-8,12-14H2,1-5H3. The smallest absolute Gasteiger partial charge is 0.333 e. The Morgan fingerprint density at radius 2 is 1.76 bits per heavy atom. The molecule has 0 aromatic carbocycles. The number of epoxide rings is 1. The first-order valence-corrected chi connectivity index (χ1v) is 13.9. The minimum Gasteiger partial charge on any atom is -0.458 e. The van der Waals surface area contributed by atoms with Gasteiger partial charge in [-0.2, -0.15) is 0 Å². The monoisotopic (exact) mass is 510 g/mol. The van der Waals surface area contributed by atoms with E-state index in [0.29, 0.717) is 18.4 Å². The molecule has 7 rings (SSSR count). The van der Waals surface area contributed by atoms with E-state index in [2.05, 4.69) is 13.8 Å². The number of ether oxygens (including phenoxy) is 3. The normalized spacial score (nSPS) is 54.8. The fourth-order valence-corrected chi connectivity index (χ4v) is 10.2. The second kappa shape index (κ2) is 6.97. The zero-order valence-corrected chi connectivity index (χ0v) is 22.3. The second-order valence-electron chi connectivity index (χ2n) is 13.8. The van der Waals surface area contributed by atoms with Gasteiger partial charge in [-0.05, 0) is 81.8 Å². The van der Waals surface area contributed by atoms with Gasteiger partial charge in [-0.15, -0.1) is 0 Å². The fraction of sp³-hybridized carbons (Fsp3) is 0.733. The lowest BCUT2D eigenvalue weighted by Crippen LogP contribution is -2.69. The summed E-state index contributed by atoms with van der Waals surface area (Å²) in [6.45, 7) is 9.97. The average molecular weight is 511 g/mol. The summed E-state index contributed by atoms with van der Waals surface area (Å²) in [6, 6.07) is 0. The quantitative estimate of drug-likeness (QED) is 0.380. The van der Waals surface area contributed by atoms with Crippen LogP contribution in [0.3, 0.4) is 0 Å². The molecule has 3 heterocycles. The number of carbonyl (C=O) groups excluding carboxylic acids is 2. The summed E-state index contributed by atoms with van der Waals surface area (Å²) in [7, 11) is 0. The first kappa shape index (κ1) is 24.1. The Labute approximate surface area is 217 Å². The third-order valence-electron chi connectivity index (χ3n) is 11.7. The van der Waals surface area contributed by atoms with Crippen LogP contribution >= 0.6 is 0 Å². The number of esters is 2. The summed E-state index contributed by atoms with van der Waals surface area (Å²) < 4.78 is 18.1. The number of hydrogen-bond donors (Lipinski definition) is 2. The molecule has 1 saturated heterocycles. The Balaban J connectivity index is 1.32. The minimum absolute atomic E-state index is 0.00434. The van der Waals surface area contributed by atoms with Gasteiger partial charge in [0.1, 0.15) is 22.9 Å². The molecule has 200 valence electrons. The summed E-state index contributed by atoms with van der Waals surface area (Å²) in [5.74, 6) is -1.08. The third kappa shape index (κ3) is 2.83. The highest BCUT2D eigenvalue weighted by atomic mass is 16.6. The van der Waals surface area contributed by atoms with Gasteiger partial charge in [-0.3, -0.25) is 0 Å². The number of carbonyl (C=O) groups is 2. The molecule has 37 heavy (non-hydrogen) atoms. The number of hydrogen-bond acceptors (Lipinski definition) is 7. The van der Waals surface area contributed by atoms with Gasteiger partial charge in [0.25, 0.3) is 0 Å². The average Bonchev–Trinajstić information content (AvgIpc) is 3.51. The Bertz CT molecular complexity index is 1200. The molecule has 0 radical (unpaired) electrons. The van der Waals surface area contributed by atoms with Crippen LogP contribution in [0, 0.1) is 35.0 Å². The summed E-state index contributed by atoms with van der Waals surface area (Å²) in [6.07, 6.45) is 10.1. The van der Waals surface area contributed by atoms with Gasteiger partial charge in [0.05, 0.1) is 11.7 Å². The molecule has 0 amide bonds. The van der Waals surface area contributed by atoms with Crippen LogP contribution in [-0.2, 0) is 23.8 Å². The molecule has 11 unspecified atom stereocenters. The highest BCUT2D eigenvalue weighted by Crippen LogP contribution is 2.75. The lowest BCUT2D eigenvalue weighted by molar-refractivity contribution is -0.209. The van der Waals surface area contributed by atoms with Crippen LogP contribution in [0.2, 0.25) is 0 Å². The van der Waals surface area contributed by atoms with Gasteiger partial charge < -0.3 is 24.4 Å². The van der Waals surface area contributed by atoms with Crippen LogP contribution in [0.4, 0.5) is 0 Å². The molecule has 0 aromatic rings. The molecule has 3 aliphatic heterocycles. The number of fused-ring (bicyclic) bond motifs is 6. The first-order valence-electron chi connectivity index (χ1n) is 13.9. The Morgan fingerprint density at radius 3 is 2.51 bits per heavy atom. The van der Waals surface area contributed by atoms with Crippen molar-refractivity contribution in [3.63, 3.8) is 0 Å². The molecule has 7 aliphatic rings. The van der Waals surface area contributed by atoms with E-state index < -0.39 is 22.4 Å². The van der Waals surface area contributed by atoms with Crippen molar-refractivity contribution in [1.82, 2.24) is 0 Å². The van der Waals surface area contributed by atoms with Crippen molar-refractivity contribution in [2.45, 2.75) is 101 Å². The van der Waals surface area contributed by atoms with Gasteiger partial charge >= 0.3 is 11.9 Å². The predicted octanol–water partition coefficient (Wildman–Crippen LogP) is 3.39. The SMILES string of the molecule is CC1=CC2CC3(O)C4CC5(O)C=C6C=CC(=O)OC(C)(C)C6CCC5C4(C)CC4OC43C(C)C2OC1=O. The molecule has 1 spiro atoms. The van der Waals surface area contributed by atoms with Gasteiger partial charge in [-0.1, -0.05) is 26.0 Å². The van der Waals surface area contributed by atoms with Gasteiger partial charge in [0.15, 0.2) is 0 Å². The number of allylic oxidation sites excluding steroid dienone is 1. The molecular formula is C30H38O7. The minimum atomic E-state index is -1.14. The van der Waals surface area contributed by atoms with Gasteiger partial charge in [-0.25, -0.2) is 9.59 Å². The molecule has 7 nitrogen and oxygen atoms in total. The topological polar surface area (TPSA) is 106 Å². The summed E-state index contributed by atoms with van der Waals surface area (Å²) >= 11 is 0. The molecular weight excluding hydrogens is 472 g/mol. The summed E-state index contributed by atoms with van der Waals surface area (Å²) in [4.78, 5) is 24.6. The molecule has 2 N–H and O–H groups in total. The zero-order chi connectivity index (χ0) is 26.3. The van der Waals surface area contributed by atoms with Crippen molar-refractivity contribution in [3.05, 3.63) is 35.5 Å². The Hall–Kier alpha value is -1.96. The summed E-state index contributed by atoms with van der Waals surface area (Å²) in [5.41, 5.74) is -2.45. The maximum atomic E-state index is 12.7. The third-order valence-corrected chi connectivity index (χ3v) is 11.7. The summed E-state index contributed by atoms with van der Waals surface area (Å²) in [5, 5.41) is 25.1. The van der Waals surface area contributed by atoms with E-state index in [4.69, 9.17) is 14.2 Å². The number of aliphatic hydroxyl groups is 2. The molecule has 11 atom stereocenters. The van der Waals surface area contributed by atoms with E-state index in [1.54, 1.807) is 6.92 Å². The van der Waals surface area contributed by atoms with Crippen LogP contribution in [0.5, 0.6) is 0 Å². The van der Waals surface area contributed by atoms with Crippen molar-refractivity contribution in [2.24, 2.45) is 35.0 Å². The lowest BCUT2D eigenvalue weighted by atomic mass is 9.48. The molecule has 0 bridgehead atoms. The van der Waals surface area contributed by atoms with Crippen LogP contribution in [0.25, 0.3) is 0 Å². The number of rotatable bonds is 0. The van der Waals surface area contributed by atoms with Crippen molar-refractivity contribution in [2.75, 3.05) is 0 Å². The van der Waals surface area contributed by atoms with E-state index in [9.17, 15) is 19.8 Å². The molecule has 0 aromatic heterocycles. The second-order valence-corrected chi connectivity index (χ2v) is 13.8. The molecule has 4 fully saturated rings. The first-order chi connectivity index (χ1) is 17.3. The van der Waals surface area contributed by atoms with Crippen LogP contribution in [-0.4, -0.2) is 56.8 Å². The van der Waals surface area contributed by atoms with Crippen molar-refractivity contribution < 1.29 is 34.0 Å². The zero-order valence-electron chi connectivity index (χ0n) is 22.3. The lowest BCUT2D eigenvalue weighted by Gasteiger charge is -2.58. The van der Waals surface area contributed by atoms with E-state index >= 15 is 0 Å². The van der Waals surface area contributed by atoms with E-state index in [1.165, 1.54) is 6.08 Å². The maximum absolute atomic E-state index is 12.7. The van der Waals surface area contributed by atoms with E-state index in [1.807, 2.05) is 32.1 Å². The van der Waals surface area contributed by atoms with Gasteiger partial charge in [0, 0.05) is 29.4 Å². The molecule has 7 heteroatoms. The van der Waals surface area contributed by atoms with Gasteiger partial charge in [0.2, 0.25) is 0 Å². The van der Waals surface area contributed by atoms with Crippen LogP contribution in [0.1, 0.15) is 66.7 Å². The Kier molecular flexibility index (Phi) is 4.54. The fourth-order valence-electron chi connectivity index (χ4n) is 10.2. The molecule has 3 saturated carbocycles. The molecule has 4 aliphatic carbocycles. The number of cyclic esters (lactones) is 1. The van der Waals surface area contributed by atoms with Crippen molar-refractivity contribution in [1.29, 1.82) is 0 Å². The Morgan fingerprint density at radius 1 is 1.00 bits per heavy atom. The largest absolute Gasteiger partial charge is 0.458 e. The van der Waals surface area contributed by atoms with Crippen molar-refractivity contribution >= 4 is 11.9 Å². The van der Waals surface area contributed by atoms with Crippen LogP contribution in [0.15, 0.2) is 35.5 Å². The van der Waals surface area contributed by atoms with Crippen molar-refractivity contribution in [3.8, 4) is 0 Å². The predicted molar refractivity (Wildman–Crippen MR) is 133 cm³/mol. The van der Waals surface area contributed by atoms with E-state index in [0.717, 1.165) is 24.8 Å². The van der Waals surface area contributed by atoms with Crippen LogP contribution < -0.4 is 0 Å². The maximum Gasteiger partial charge on any atom is 0.333 e. The highest BCUT2D eigenvalue weighted by molar-refractivity contribution is 5.88. The van der Waals surface area contributed by atoms with E-state index in [-0.39, 0.29) is 59.2 Å².